The first-order chi connectivity index (χ1) is 12.9. The molecular formula is C22H18BrCl2NO. The highest BCUT2D eigenvalue weighted by Crippen LogP contribution is 2.30. The monoisotopic (exact) mass is 461 g/mol. The number of hydrogen-bond donors (Lipinski definition) is 1. The molecular weight excluding hydrogens is 445 g/mol. The highest BCUT2D eigenvalue weighted by atomic mass is 79.9. The Morgan fingerprint density at radius 3 is 2.41 bits per heavy atom. The lowest BCUT2D eigenvalue weighted by atomic mass is 9.97. The first-order valence-corrected chi connectivity index (χ1v) is 10.0. The van der Waals surface area contributed by atoms with Gasteiger partial charge in [-0.1, -0.05) is 69.5 Å². The third kappa shape index (κ3) is 5.35. The average molecular weight is 463 g/mol. The van der Waals surface area contributed by atoms with E-state index in [1.54, 1.807) is 6.07 Å². The van der Waals surface area contributed by atoms with Crippen molar-refractivity contribution < 1.29 is 4.79 Å². The van der Waals surface area contributed by atoms with Gasteiger partial charge in [-0.15, -0.1) is 0 Å². The molecule has 1 atom stereocenters. The van der Waals surface area contributed by atoms with Crippen molar-refractivity contribution in [3.63, 3.8) is 0 Å². The SMILES string of the molecule is Cc1cccc(NC(CC(=O)c2ccc(Br)cc2)c2ccc(Cl)c(Cl)c2)c1. The van der Waals surface area contributed by atoms with Crippen LogP contribution in [-0.2, 0) is 0 Å². The van der Waals surface area contributed by atoms with Crippen LogP contribution in [0.3, 0.4) is 0 Å². The molecule has 0 bridgehead atoms. The second kappa shape index (κ2) is 8.92. The van der Waals surface area contributed by atoms with E-state index in [-0.39, 0.29) is 11.8 Å². The minimum atomic E-state index is -0.224. The Hall–Kier alpha value is -1.81. The van der Waals surface area contributed by atoms with Crippen LogP contribution < -0.4 is 5.32 Å². The third-order valence-electron chi connectivity index (χ3n) is 4.26. The molecule has 0 aliphatic heterocycles. The zero-order chi connectivity index (χ0) is 19.4. The summed E-state index contributed by atoms with van der Waals surface area (Å²) in [5, 5.41) is 4.43. The van der Waals surface area contributed by atoms with E-state index in [0.717, 1.165) is 21.3 Å². The van der Waals surface area contributed by atoms with E-state index in [9.17, 15) is 4.79 Å². The molecule has 2 nitrogen and oxygen atoms in total. The summed E-state index contributed by atoms with van der Waals surface area (Å²) >= 11 is 15.7. The molecule has 0 radical (unpaired) electrons. The van der Waals surface area contributed by atoms with E-state index < -0.39 is 0 Å². The van der Waals surface area contributed by atoms with Gasteiger partial charge in [0.25, 0.3) is 0 Å². The number of aryl methyl sites for hydroxylation is 1. The normalized spacial score (nSPS) is 11.9. The third-order valence-corrected chi connectivity index (χ3v) is 5.53. The largest absolute Gasteiger partial charge is 0.378 e. The summed E-state index contributed by atoms with van der Waals surface area (Å²) in [6, 6.07) is 20.7. The Morgan fingerprint density at radius 2 is 1.74 bits per heavy atom. The maximum Gasteiger partial charge on any atom is 0.165 e. The molecule has 3 aromatic rings. The fraction of sp³-hybridized carbons (Fsp3) is 0.136. The molecule has 3 aromatic carbocycles. The number of ketones is 1. The fourth-order valence-corrected chi connectivity index (χ4v) is 3.43. The van der Waals surface area contributed by atoms with Crippen LogP contribution in [0, 0.1) is 6.92 Å². The van der Waals surface area contributed by atoms with Crippen LogP contribution >= 0.6 is 39.1 Å². The minimum absolute atomic E-state index is 0.0544. The number of nitrogens with one attached hydrogen (secondary N) is 1. The smallest absolute Gasteiger partial charge is 0.165 e. The van der Waals surface area contributed by atoms with Gasteiger partial charge in [0, 0.05) is 22.1 Å². The maximum absolute atomic E-state index is 12.8. The molecule has 0 aromatic heterocycles. The van der Waals surface area contributed by atoms with Gasteiger partial charge in [-0.05, 0) is 54.4 Å². The van der Waals surface area contributed by atoms with Crippen LogP contribution in [0.5, 0.6) is 0 Å². The number of benzene rings is 3. The molecule has 0 spiro atoms. The van der Waals surface area contributed by atoms with Crippen molar-refractivity contribution in [3.05, 3.63) is 97.9 Å². The number of carbonyl (C=O) groups is 1. The number of hydrogen-bond acceptors (Lipinski definition) is 2. The van der Waals surface area contributed by atoms with E-state index in [1.807, 2.05) is 61.5 Å². The van der Waals surface area contributed by atoms with Crippen molar-refractivity contribution in [1.29, 1.82) is 0 Å². The Kier molecular flexibility index (Phi) is 6.59. The molecule has 1 unspecified atom stereocenters. The quantitative estimate of drug-likeness (QED) is 0.384. The molecule has 3 rings (SSSR count). The molecule has 0 saturated heterocycles. The molecule has 27 heavy (non-hydrogen) atoms. The van der Waals surface area contributed by atoms with Crippen molar-refractivity contribution in [2.75, 3.05) is 5.32 Å². The highest BCUT2D eigenvalue weighted by Gasteiger charge is 2.18. The van der Waals surface area contributed by atoms with Gasteiger partial charge < -0.3 is 5.32 Å². The number of halogens is 3. The predicted molar refractivity (Wildman–Crippen MR) is 117 cm³/mol. The van der Waals surface area contributed by atoms with Crippen molar-refractivity contribution in [3.8, 4) is 0 Å². The van der Waals surface area contributed by atoms with E-state index in [2.05, 4.69) is 27.3 Å². The van der Waals surface area contributed by atoms with Gasteiger partial charge in [-0.25, -0.2) is 0 Å². The summed E-state index contributed by atoms with van der Waals surface area (Å²) in [4.78, 5) is 12.8. The Labute approximate surface area is 177 Å². The first-order valence-electron chi connectivity index (χ1n) is 8.49. The maximum atomic E-state index is 12.8. The van der Waals surface area contributed by atoms with Crippen molar-refractivity contribution in [1.82, 2.24) is 0 Å². The molecule has 5 heteroatoms. The summed E-state index contributed by atoms with van der Waals surface area (Å²) in [6.07, 6.45) is 0.299. The molecule has 0 fully saturated rings. The summed E-state index contributed by atoms with van der Waals surface area (Å²) in [5.41, 5.74) is 3.69. The summed E-state index contributed by atoms with van der Waals surface area (Å²) < 4.78 is 0.943. The van der Waals surface area contributed by atoms with Gasteiger partial charge in [-0.3, -0.25) is 4.79 Å². The van der Waals surface area contributed by atoms with Crippen LogP contribution in [-0.4, -0.2) is 5.78 Å². The Bertz CT molecular complexity index is 957. The lowest BCUT2D eigenvalue weighted by Gasteiger charge is -2.21. The Balaban J connectivity index is 1.89. The standard InChI is InChI=1S/C22H18BrCl2NO/c1-14-3-2-4-18(11-14)26-21(16-7-10-19(24)20(25)12-16)13-22(27)15-5-8-17(23)9-6-15/h2-12,21,26H,13H2,1H3. The number of rotatable bonds is 6. The van der Waals surface area contributed by atoms with E-state index >= 15 is 0 Å². The van der Waals surface area contributed by atoms with Gasteiger partial charge >= 0.3 is 0 Å². The summed E-state index contributed by atoms with van der Waals surface area (Å²) in [6.45, 7) is 2.03. The zero-order valence-corrected chi connectivity index (χ0v) is 17.8. The van der Waals surface area contributed by atoms with Gasteiger partial charge in [0.15, 0.2) is 5.78 Å². The minimum Gasteiger partial charge on any atom is -0.378 e. The number of Topliss-reactive ketones (excluding diaryl/α,β-unsaturated/α-hetero) is 1. The molecule has 0 saturated carbocycles. The lowest BCUT2D eigenvalue weighted by Crippen LogP contribution is -2.16. The summed E-state index contributed by atoms with van der Waals surface area (Å²) in [5.74, 6) is 0.0544. The van der Waals surface area contributed by atoms with Crippen LogP contribution in [0.1, 0.15) is 33.9 Å². The molecule has 1 N–H and O–H groups in total. The van der Waals surface area contributed by atoms with Crippen molar-refractivity contribution in [2.45, 2.75) is 19.4 Å². The zero-order valence-electron chi connectivity index (χ0n) is 14.7. The van der Waals surface area contributed by atoms with Crippen LogP contribution in [0.25, 0.3) is 0 Å². The molecule has 0 aliphatic rings. The van der Waals surface area contributed by atoms with E-state index in [4.69, 9.17) is 23.2 Å². The van der Waals surface area contributed by atoms with E-state index in [0.29, 0.717) is 22.0 Å². The van der Waals surface area contributed by atoms with E-state index in [1.165, 1.54) is 0 Å². The van der Waals surface area contributed by atoms with Gasteiger partial charge in [-0.2, -0.15) is 0 Å². The average Bonchev–Trinajstić information content (AvgIpc) is 2.64. The second-order valence-electron chi connectivity index (χ2n) is 6.37. The first kappa shape index (κ1) is 19.9. The van der Waals surface area contributed by atoms with Crippen LogP contribution in [0.2, 0.25) is 10.0 Å². The number of carbonyl (C=O) groups excluding carboxylic acids is 1. The van der Waals surface area contributed by atoms with Gasteiger partial charge in [0.1, 0.15) is 0 Å². The highest BCUT2D eigenvalue weighted by molar-refractivity contribution is 9.10. The fourth-order valence-electron chi connectivity index (χ4n) is 2.86. The van der Waals surface area contributed by atoms with Crippen molar-refractivity contribution in [2.24, 2.45) is 0 Å². The van der Waals surface area contributed by atoms with Crippen LogP contribution in [0.4, 0.5) is 5.69 Å². The van der Waals surface area contributed by atoms with Gasteiger partial charge in [0.2, 0.25) is 0 Å². The molecule has 138 valence electrons. The second-order valence-corrected chi connectivity index (χ2v) is 8.10. The molecule has 0 aliphatic carbocycles. The topological polar surface area (TPSA) is 29.1 Å². The van der Waals surface area contributed by atoms with Gasteiger partial charge in [0.05, 0.1) is 16.1 Å². The predicted octanol–water partition coefficient (Wildman–Crippen LogP) is 7.49. The molecule has 0 amide bonds. The number of anilines is 1. The molecule has 0 heterocycles. The van der Waals surface area contributed by atoms with Crippen LogP contribution in [0.15, 0.2) is 71.2 Å². The lowest BCUT2D eigenvalue weighted by molar-refractivity contribution is 0.0976. The summed E-state index contributed by atoms with van der Waals surface area (Å²) in [7, 11) is 0. The van der Waals surface area contributed by atoms with Crippen molar-refractivity contribution >= 4 is 50.6 Å². The Morgan fingerprint density at radius 1 is 1.00 bits per heavy atom.